The van der Waals surface area contributed by atoms with Gasteiger partial charge in [0.2, 0.25) is 11.9 Å². The molecule has 3 aromatic heterocycles. The first-order valence-electron chi connectivity index (χ1n) is 6.12. The molecule has 0 saturated heterocycles. The molecular formula is C12H9N9. The lowest BCUT2D eigenvalue weighted by Gasteiger charge is -2.05. The molecule has 9 nitrogen and oxygen atoms in total. The number of hydrogen-bond donors (Lipinski definition) is 1. The number of hydrogen-bond acceptors (Lipinski definition) is 7. The molecule has 3 heterocycles. The van der Waals surface area contributed by atoms with Gasteiger partial charge in [0.25, 0.3) is 5.95 Å². The highest BCUT2D eigenvalue weighted by atomic mass is 15.5. The fourth-order valence-corrected chi connectivity index (χ4v) is 1.97. The Morgan fingerprint density at radius 1 is 1.00 bits per heavy atom. The van der Waals surface area contributed by atoms with Gasteiger partial charge in [-0.2, -0.15) is 19.6 Å². The number of fused-ring (bicyclic) bond motifs is 1. The van der Waals surface area contributed by atoms with Gasteiger partial charge in [-0.15, -0.1) is 5.10 Å². The third-order valence-electron chi connectivity index (χ3n) is 2.91. The number of para-hydroxylation sites is 1. The first-order chi connectivity index (χ1) is 10.3. The molecule has 0 aliphatic rings. The summed E-state index contributed by atoms with van der Waals surface area (Å²) in [6.45, 7) is 0. The lowest BCUT2D eigenvalue weighted by Crippen LogP contribution is -2.11. The Bertz CT molecular complexity index is 910. The van der Waals surface area contributed by atoms with Gasteiger partial charge in [0.05, 0.1) is 5.52 Å². The summed E-state index contributed by atoms with van der Waals surface area (Å²) < 4.78 is 3.16. The summed E-state index contributed by atoms with van der Waals surface area (Å²) in [5.74, 6) is 0.776. The second-order valence-corrected chi connectivity index (χ2v) is 4.25. The highest BCUT2D eigenvalue weighted by molar-refractivity contribution is 5.75. The highest BCUT2D eigenvalue weighted by Crippen LogP contribution is 2.14. The largest absolute Gasteiger partial charge is 0.368 e. The van der Waals surface area contributed by atoms with Gasteiger partial charge >= 0.3 is 0 Å². The number of nitrogen functional groups attached to an aromatic ring is 1. The molecule has 1 aromatic carbocycles. The van der Waals surface area contributed by atoms with E-state index >= 15 is 0 Å². The van der Waals surface area contributed by atoms with Crippen molar-refractivity contribution >= 4 is 17.0 Å². The van der Waals surface area contributed by atoms with Gasteiger partial charge in [-0.3, -0.25) is 4.57 Å². The molecule has 0 fully saturated rings. The molecule has 102 valence electrons. The van der Waals surface area contributed by atoms with Crippen molar-refractivity contribution in [3.05, 3.63) is 43.0 Å². The van der Waals surface area contributed by atoms with E-state index in [0.717, 1.165) is 11.0 Å². The quantitative estimate of drug-likeness (QED) is 0.564. The molecule has 4 aromatic rings. The average Bonchev–Trinajstić information content (AvgIpc) is 3.16. The van der Waals surface area contributed by atoms with Gasteiger partial charge < -0.3 is 5.73 Å². The maximum atomic E-state index is 5.76. The van der Waals surface area contributed by atoms with Crippen molar-refractivity contribution in [1.29, 1.82) is 0 Å². The summed E-state index contributed by atoms with van der Waals surface area (Å²) in [4.78, 5) is 16.5. The van der Waals surface area contributed by atoms with Crippen molar-refractivity contribution in [3.63, 3.8) is 0 Å². The molecule has 2 N–H and O–H groups in total. The summed E-state index contributed by atoms with van der Waals surface area (Å²) in [7, 11) is 0. The Morgan fingerprint density at radius 3 is 2.71 bits per heavy atom. The lowest BCUT2D eigenvalue weighted by molar-refractivity contribution is 0.755. The molecule has 0 aliphatic heterocycles. The number of anilines is 1. The Hall–Kier alpha value is -3.36. The van der Waals surface area contributed by atoms with E-state index in [0.29, 0.717) is 11.9 Å². The number of nitrogens with two attached hydrogens (primary N) is 1. The second kappa shape index (κ2) is 4.34. The topological polar surface area (TPSA) is 113 Å². The third kappa shape index (κ3) is 1.87. The summed E-state index contributed by atoms with van der Waals surface area (Å²) >= 11 is 0. The molecule has 0 saturated carbocycles. The molecule has 0 radical (unpaired) electrons. The predicted molar refractivity (Wildman–Crippen MR) is 73.8 cm³/mol. The maximum absolute atomic E-state index is 5.76. The van der Waals surface area contributed by atoms with E-state index < -0.39 is 0 Å². The molecule has 0 unspecified atom stereocenters. The van der Waals surface area contributed by atoms with Crippen molar-refractivity contribution in [2.75, 3.05) is 5.73 Å². The minimum atomic E-state index is 0.100. The van der Waals surface area contributed by atoms with Crippen LogP contribution in [0.5, 0.6) is 0 Å². The van der Waals surface area contributed by atoms with Crippen LogP contribution in [0.25, 0.3) is 22.9 Å². The Labute approximate surface area is 118 Å². The summed E-state index contributed by atoms with van der Waals surface area (Å²) in [5.41, 5.74) is 7.30. The molecule has 0 amide bonds. The van der Waals surface area contributed by atoms with Crippen molar-refractivity contribution in [1.82, 2.24) is 39.5 Å². The standard InChI is InChI=1S/C12H9N9/c13-10-15-11(20-6-5-14-7-20)17-12(16-10)21-9-4-2-1-3-8(9)18-19-21/h1-7H,(H2,13,15,16,17). The molecule has 0 bridgehead atoms. The van der Waals surface area contributed by atoms with E-state index in [2.05, 4.69) is 30.2 Å². The zero-order valence-electron chi connectivity index (χ0n) is 10.7. The molecule has 21 heavy (non-hydrogen) atoms. The lowest BCUT2D eigenvalue weighted by atomic mass is 10.3. The van der Waals surface area contributed by atoms with E-state index in [1.807, 2.05) is 24.3 Å². The van der Waals surface area contributed by atoms with Crippen LogP contribution in [0.1, 0.15) is 0 Å². The summed E-state index contributed by atoms with van der Waals surface area (Å²) in [5, 5.41) is 8.13. The summed E-state index contributed by atoms with van der Waals surface area (Å²) in [6.07, 6.45) is 4.93. The van der Waals surface area contributed by atoms with Gasteiger partial charge in [-0.25, -0.2) is 4.98 Å². The van der Waals surface area contributed by atoms with Crippen molar-refractivity contribution in [3.8, 4) is 11.9 Å². The van der Waals surface area contributed by atoms with Gasteiger partial charge in [-0.05, 0) is 12.1 Å². The van der Waals surface area contributed by atoms with Crippen LogP contribution < -0.4 is 5.73 Å². The van der Waals surface area contributed by atoms with Gasteiger partial charge in [0, 0.05) is 12.4 Å². The third-order valence-corrected chi connectivity index (χ3v) is 2.91. The number of benzene rings is 1. The minimum Gasteiger partial charge on any atom is -0.368 e. The number of rotatable bonds is 2. The van der Waals surface area contributed by atoms with Gasteiger partial charge in [-0.1, -0.05) is 17.3 Å². The van der Waals surface area contributed by atoms with E-state index in [1.165, 1.54) is 4.68 Å². The van der Waals surface area contributed by atoms with Crippen LogP contribution in [0.2, 0.25) is 0 Å². The molecular weight excluding hydrogens is 270 g/mol. The zero-order valence-corrected chi connectivity index (χ0v) is 10.7. The monoisotopic (exact) mass is 279 g/mol. The van der Waals surface area contributed by atoms with Crippen molar-refractivity contribution in [2.45, 2.75) is 0 Å². The first-order valence-corrected chi connectivity index (χ1v) is 6.12. The van der Waals surface area contributed by atoms with Crippen LogP contribution in [0, 0.1) is 0 Å². The zero-order chi connectivity index (χ0) is 14.2. The van der Waals surface area contributed by atoms with Crippen LogP contribution in [0.3, 0.4) is 0 Å². The molecule has 0 aliphatic carbocycles. The fourth-order valence-electron chi connectivity index (χ4n) is 1.97. The van der Waals surface area contributed by atoms with Crippen LogP contribution in [0.4, 0.5) is 5.95 Å². The Balaban J connectivity index is 1.93. The smallest absolute Gasteiger partial charge is 0.259 e. The molecule has 0 spiro atoms. The number of aromatic nitrogens is 8. The number of imidazole rings is 1. The Morgan fingerprint density at radius 2 is 1.86 bits per heavy atom. The fraction of sp³-hybridized carbons (Fsp3) is 0. The van der Waals surface area contributed by atoms with Crippen LogP contribution in [-0.4, -0.2) is 39.5 Å². The predicted octanol–water partition coefficient (Wildman–Crippen LogP) is 0.373. The van der Waals surface area contributed by atoms with E-state index in [-0.39, 0.29) is 5.95 Å². The highest BCUT2D eigenvalue weighted by Gasteiger charge is 2.12. The molecule has 0 atom stereocenters. The van der Waals surface area contributed by atoms with Gasteiger partial charge in [0.15, 0.2) is 0 Å². The maximum Gasteiger partial charge on any atom is 0.259 e. The van der Waals surface area contributed by atoms with E-state index in [1.54, 1.807) is 23.3 Å². The van der Waals surface area contributed by atoms with E-state index in [4.69, 9.17) is 5.73 Å². The van der Waals surface area contributed by atoms with Crippen LogP contribution in [-0.2, 0) is 0 Å². The Kier molecular flexibility index (Phi) is 2.37. The summed E-state index contributed by atoms with van der Waals surface area (Å²) in [6, 6.07) is 7.52. The molecule has 4 rings (SSSR count). The SMILES string of the molecule is Nc1nc(-n2ccnc2)nc(-n2nnc3ccccc32)n1. The first kappa shape index (κ1) is 11.5. The normalized spacial score (nSPS) is 11.0. The average molecular weight is 279 g/mol. The van der Waals surface area contributed by atoms with E-state index in [9.17, 15) is 0 Å². The van der Waals surface area contributed by atoms with Gasteiger partial charge in [0.1, 0.15) is 11.8 Å². The number of nitrogens with zero attached hydrogens (tertiary/aromatic N) is 8. The van der Waals surface area contributed by atoms with Crippen LogP contribution in [0.15, 0.2) is 43.0 Å². The molecule has 9 heteroatoms. The van der Waals surface area contributed by atoms with Crippen molar-refractivity contribution in [2.24, 2.45) is 0 Å². The van der Waals surface area contributed by atoms with Crippen LogP contribution >= 0.6 is 0 Å². The van der Waals surface area contributed by atoms with Crippen molar-refractivity contribution < 1.29 is 0 Å². The second-order valence-electron chi connectivity index (χ2n) is 4.25. The minimum absolute atomic E-state index is 0.100.